The fourth-order valence-corrected chi connectivity index (χ4v) is 2.95. The number of nitrogens with one attached hydrogen (secondary N) is 1. The number of anilines is 1. The zero-order valence-electron chi connectivity index (χ0n) is 14.6. The lowest BCUT2D eigenvalue weighted by atomic mass is 10.2. The van der Waals surface area contributed by atoms with Crippen LogP contribution in [-0.2, 0) is 0 Å². The number of carbonyl (C=O) groups is 1. The van der Waals surface area contributed by atoms with Crippen molar-refractivity contribution in [3.63, 3.8) is 0 Å². The molecule has 0 bridgehead atoms. The van der Waals surface area contributed by atoms with E-state index in [1.165, 1.54) is 11.3 Å². The summed E-state index contributed by atoms with van der Waals surface area (Å²) in [5.41, 5.74) is 2.49. The number of amides is 2. The summed E-state index contributed by atoms with van der Waals surface area (Å²) in [5.74, 6) is 0.823. The van der Waals surface area contributed by atoms with Gasteiger partial charge in [-0.1, -0.05) is 30.3 Å². The number of hydrogen-bond acceptors (Lipinski definition) is 3. The van der Waals surface area contributed by atoms with Gasteiger partial charge in [0.15, 0.2) is 0 Å². The molecular formula is C20H25N3O2. The number of nitrogens with zero attached hydrogens (tertiary/aromatic N) is 2. The Labute approximate surface area is 149 Å². The molecular weight excluding hydrogens is 314 g/mol. The number of hydrogen-bond donors (Lipinski definition) is 1. The molecule has 0 aromatic heterocycles. The van der Waals surface area contributed by atoms with Gasteiger partial charge in [-0.05, 0) is 36.8 Å². The average Bonchev–Trinajstić information content (AvgIpc) is 2.66. The molecule has 3 rings (SSSR count). The van der Waals surface area contributed by atoms with E-state index in [0.717, 1.165) is 31.9 Å². The molecule has 5 heteroatoms. The number of piperazine rings is 1. The van der Waals surface area contributed by atoms with Crippen LogP contribution in [0.5, 0.6) is 5.75 Å². The summed E-state index contributed by atoms with van der Waals surface area (Å²) in [4.78, 5) is 16.4. The van der Waals surface area contributed by atoms with E-state index in [9.17, 15) is 4.79 Å². The second-order valence-corrected chi connectivity index (χ2v) is 6.21. The van der Waals surface area contributed by atoms with Gasteiger partial charge in [-0.3, -0.25) is 0 Å². The number of urea groups is 1. The standard InChI is InChI=1S/C20H25N3O2/c1-17-6-5-7-18(16-17)22-11-13-23(14-12-22)20(24)21-10-15-25-19-8-3-2-4-9-19/h2-9,16H,10-15H2,1H3,(H,21,24). The van der Waals surface area contributed by atoms with Crippen LogP contribution < -0.4 is 15.0 Å². The first kappa shape index (κ1) is 17.1. The minimum atomic E-state index is -0.0134. The average molecular weight is 339 g/mol. The van der Waals surface area contributed by atoms with E-state index < -0.39 is 0 Å². The molecule has 1 saturated heterocycles. The third-order valence-electron chi connectivity index (χ3n) is 4.32. The van der Waals surface area contributed by atoms with Crippen LogP contribution in [-0.4, -0.2) is 50.3 Å². The number of para-hydroxylation sites is 1. The Morgan fingerprint density at radius 3 is 2.52 bits per heavy atom. The molecule has 2 amide bonds. The summed E-state index contributed by atoms with van der Waals surface area (Å²) in [6.45, 7) is 6.27. The van der Waals surface area contributed by atoms with Crippen molar-refractivity contribution in [1.29, 1.82) is 0 Å². The number of carbonyl (C=O) groups excluding carboxylic acids is 1. The summed E-state index contributed by atoms with van der Waals surface area (Å²) in [7, 11) is 0. The molecule has 1 aliphatic heterocycles. The SMILES string of the molecule is Cc1cccc(N2CCN(C(=O)NCCOc3ccccc3)CC2)c1. The van der Waals surface area contributed by atoms with Crippen molar-refractivity contribution in [3.05, 3.63) is 60.2 Å². The van der Waals surface area contributed by atoms with Gasteiger partial charge >= 0.3 is 6.03 Å². The number of benzene rings is 2. The molecule has 1 aliphatic rings. The highest BCUT2D eigenvalue weighted by Gasteiger charge is 2.20. The molecule has 0 spiro atoms. The van der Waals surface area contributed by atoms with Crippen LogP contribution in [0.4, 0.5) is 10.5 Å². The van der Waals surface area contributed by atoms with Crippen molar-refractivity contribution < 1.29 is 9.53 Å². The Morgan fingerprint density at radius 2 is 1.80 bits per heavy atom. The zero-order valence-corrected chi connectivity index (χ0v) is 14.6. The van der Waals surface area contributed by atoms with Crippen molar-refractivity contribution in [2.45, 2.75) is 6.92 Å². The van der Waals surface area contributed by atoms with Gasteiger partial charge < -0.3 is 19.9 Å². The summed E-state index contributed by atoms with van der Waals surface area (Å²) >= 11 is 0. The lowest BCUT2D eigenvalue weighted by molar-refractivity contribution is 0.191. The van der Waals surface area contributed by atoms with E-state index in [1.807, 2.05) is 35.2 Å². The predicted molar refractivity (Wildman–Crippen MR) is 100 cm³/mol. The van der Waals surface area contributed by atoms with E-state index in [-0.39, 0.29) is 6.03 Å². The lowest BCUT2D eigenvalue weighted by Gasteiger charge is -2.36. The minimum Gasteiger partial charge on any atom is -0.492 e. The molecule has 0 saturated carbocycles. The van der Waals surface area contributed by atoms with Crippen molar-refractivity contribution >= 4 is 11.7 Å². The maximum absolute atomic E-state index is 12.2. The highest BCUT2D eigenvalue weighted by atomic mass is 16.5. The fraction of sp³-hybridized carbons (Fsp3) is 0.350. The van der Waals surface area contributed by atoms with Crippen LogP contribution in [0.2, 0.25) is 0 Å². The second-order valence-electron chi connectivity index (χ2n) is 6.21. The first-order chi connectivity index (χ1) is 12.2. The molecule has 5 nitrogen and oxygen atoms in total. The largest absolute Gasteiger partial charge is 0.492 e. The monoisotopic (exact) mass is 339 g/mol. The van der Waals surface area contributed by atoms with Crippen LogP contribution in [0.15, 0.2) is 54.6 Å². The van der Waals surface area contributed by atoms with Gasteiger partial charge in [0.1, 0.15) is 12.4 Å². The number of ether oxygens (including phenoxy) is 1. The summed E-state index contributed by atoms with van der Waals surface area (Å²) in [6.07, 6.45) is 0. The van der Waals surface area contributed by atoms with Crippen molar-refractivity contribution in [2.75, 3.05) is 44.2 Å². The Bertz CT molecular complexity index is 682. The van der Waals surface area contributed by atoms with Gasteiger partial charge in [0, 0.05) is 31.9 Å². The Balaban J connectivity index is 1.38. The lowest BCUT2D eigenvalue weighted by Crippen LogP contribution is -2.52. The Hall–Kier alpha value is -2.69. The van der Waals surface area contributed by atoms with Gasteiger partial charge in [0.2, 0.25) is 0 Å². The summed E-state index contributed by atoms with van der Waals surface area (Å²) in [5, 5.41) is 2.93. The third kappa shape index (κ3) is 4.89. The third-order valence-corrected chi connectivity index (χ3v) is 4.32. The maximum atomic E-state index is 12.2. The molecule has 0 unspecified atom stereocenters. The van der Waals surface area contributed by atoms with Crippen molar-refractivity contribution in [3.8, 4) is 5.75 Å². The highest BCUT2D eigenvalue weighted by Crippen LogP contribution is 2.17. The quantitative estimate of drug-likeness (QED) is 0.852. The minimum absolute atomic E-state index is 0.0134. The number of rotatable bonds is 5. The molecule has 1 fully saturated rings. The first-order valence-electron chi connectivity index (χ1n) is 8.74. The highest BCUT2D eigenvalue weighted by molar-refractivity contribution is 5.74. The molecule has 1 heterocycles. The fourth-order valence-electron chi connectivity index (χ4n) is 2.95. The smallest absolute Gasteiger partial charge is 0.317 e. The molecule has 25 heavy (non-hydrogen) atoms. The van der Waals surface area contributed by atoms with Gasteiger partial charge in [0.25, 0.3) is 0 Å². The van der Waals surface area contributed by atoms with Crippen LogP contribution >= 0.6 is 0 Å². The number of aryl methyl sites for hydroxylation is 1. The molecule has 2 aromatic carbocycles. The van der Waals surface area contributed by atoms with Gasteiger partial charge in [0.05, 0.1) is 6.54 Å². The van der Waals surface area contributed by atoms with Crippen LogP contribution in [0, 0.1) is 6.92 Å². The molecule has 0 aliphatic carbocycles. The first-order valence-corrected chi connectivity index (χ1v) is 8.74. The normalized spacial score (nSPS) is 14.3. The molecule has 2 aromatic rings. The van der Waals surface area contributed by atoms with Gasteiger partial charge in [-0.2, -0.15) is 0 Å². The Kier molecular flexibility index (Phi) is 5.77. The van der Waals surface area contributed by atoms with E-state index >= 15 is 0 Å². The van der Waals surface area contributed by atoms with Crippen molar-refractivity contribution in [2.24, 2.45) is 0 Å². The Morgan fingerprint density at radius 1 is 1.04 bits per heavy atom. The molecule has 132 valence electrons. The summed E-state index contributed by atoms with van der Waals surface area (Å²) < 4.78 is 5.59. The van der Waals surface area contributed by atoms with E-state index in [0.29, 0.717) is 13.2 Å². The maximum Gasteiger partial charge on any atom is 0.317 e. The summed E-state index contributed by atoms with van der Waals surface area (Å²) in [6, 6.07) is 18.1. The van der Waals surface area contributed by atoms with Gasteiger partial charge in [-0.25, -0.2) is 4.79 Å². The second kappa shape index (κ2) is 8.42. The van der Waals surface area contributed by atoms with Gasteiger partial charge in [-0.15, -0.1) is 0 Å². The van der Waals surface area contributed by atoms with Crippen LogP contribution in [0.25, 0.3) is 0 Å². The van der Waals surface area contributed by atoms with E-state index in [2.05, 4.69) is 41.4 Å². The van der Waals surface area contributed by atoms with Crippen LogP contribution in [0.3, 0.4) is 0 Å². The van der Waals surface area contributed by atoms with Crippen LogP contribution in [0.1, 0.15) is 5.56 Å². The molecule has 0 atom stereocenters. The van der Waals surface area contributed by atoms with E-state index in [1.54, 1.807) is 0 Å². The zero-order chi connectivity index (χ0) is 17.5. The van der Waals surface area contributed by atoms with Crippen molar-refractivity contribution in [1.82, 2.24) is 10.2 Å². The predicted octanol–water partition coefficient (Wildman–Crippen LogP) is 2.91. The molecule has 0 radical (unpaired) electrons. The topological polar surface area (TPSA) is 44.8 Å². The van der Waals surface area contributed by atoms with E-state index in [4.69, 9.17) is 4.74 Å². The molecule has 1 N–H and O–H groups in total.